The highest BCUT2D eigenvalue weighted by Gasteiger charge is 2.42. The van der Waals surface area contributed by atoms with Crippen LogP contribution in [-0.2, 0) is 10.0 Å². The third kappa shape index (κ3) is 5.13. The summed E-state index contributed by atoms with van der Waals surface area (Å²) in [6, 6.07) is 22.0. The van der Waals surface area contributed by atoms with Gasteiger partial charge in [0.1, 0.15) is 11.8 Å². The Labute approximate surface area is 225 Å². The van der Waals surface area contributed by atoms with E-state index >= 15 is 0 Å². The summed E-state index contributed by atoms with van der Waals surface area (Å²) in [6.07, 6.45) is 4.82. The van der Waals surface area contributed by atoms with Gasteiger partial charge in [0.2, 0.25) is 10.0 Å². The second-order valence-electron chi connectivity index (χ2n) is 8.54. The first-order valence-electron chi connectivity index (χ1n) is 11.3. The van der Waals surface area contributed by atoms with Gasteiger partial charge in [-0.3, -0.25) is 9.71 Å². The number of hydrogen-bond acceptors (Lipinski definition) is 5. The molecule has 1 aliphatic heterocycles. The van der Waals surface area contributed by atoms with Gasteiger partial charge >= 0.3 is 0 Å². The zero-order valence-electron chi connectivity index (χ0n) is 20.0. The summed E-state index contributed by atoms with van der Waals surface area (Å²) in [5, 5.41) is 4.54. The number of benzene rings is 2. The fraction of sp³-hybridized carbons (Fsp3) is 0.154. The normalized spacial score (nSPS) is 17.5. The van der Waals surface area contributed by atoms with Crippen molar-refractivity contribution in [2.75, 3.05) is 23.0 Å². The van der Waals surface area contributed by atoms with E-state index in [9.17, 15) is 8.42 Å². The number of anilines is 2. The van der Waals surface area contributed by atoms with Gasteiger partial charge in [0, 0.05) is 34.5 Å². The smallest absolute Gasteiger partial charge is 0.229 e. The molecule has 8 nitrogen and oxygen atoms in total. The minimum atomic E-state index is -3.54. The van der Waals surface area contributed by atoms with Gasteiger partial charge in [0.05, 0.1) is 30.8 Å². The Morgan fingerprint density at radius 1 is 1.05 bits per heavy atom. The Morgan fingerprint density at radius 2 is 1.89 bits per heavy atom. The van der Waals surface area contributed by atoms with Gasteiger partial charge in [-0.25, -0.2) is 8.42 Å². The average Bonchev–Trinajstić information content (AvgIpc) is 3.48. The Bertz CT molecular complexity index is 1560. The number of hydrogen-bond donors (Lipinski definition) is 2. The van der Waals surface area contributed by atoms with E-state index in [1.165, 1.54) is 7.11 Å². The summed E-state index contributed by atoms with van der Waals surface area (Å²) in [6.45, 7) is 0. The van der Waals surface area contributed by atoms with Crippen molar-refractivity contribution in [1.82, 2.24) is 14.9 Å². The van der Waals surface area contributed by atoms with Crippen LogP contribution in [0.15, 0.2) is 85.2 Å². The lowest BCUT2D eigenvalue weighted by atomic mass is 10.0. The largest absolute Gasteiger partial charge is 0.495 e. The lowest BCUT2D eigenvalue weighted by molar-refractivity contribution is 0.417. The number of rotatable bonds is 7. The van der Waals surface area contributed by atoms with Gasteiger partial charge in [-0.2, -0.15) is 0 Å². The number of halogens is 1. The molecule has 2 aromatic heterocycles. The SMILES string of the molecule is COc1ccc(N2C(=S)N[C@@H](c3ccccn3)[C@@H]2c2cccn2-c2cccc(Cl)c2)cc1NS(C)(=O)=O. The van der Waals surface area contributed by atoms with Crippen molar-refractivity contribution in [2.24, 2.45) is 0 Å². The molecule has 3 heterocycles. The predicted molar refractivity (Wildman–Crippen MR) is 150 cm³/mol. The van der Waals surface area contributed by atoms with Crippen molar-refractivity contribution >= 4 is 50.3 Å². The molecule has 1 saturated heterocycles. The van der Waals surface area contributed by atoms with Crippen molar-refractivity contribution in [3.05, 3.63) is 102 Å². The monoisotopic (exact) mass is 553 g/mol. The van der Waals surface area contributed by atoms with Gasteiger partial charge in [0.15, 0.2) is 5.11 Å². The molecule has 37 heavy (non-hydrogen) atoms. The van der Waals surface area contributed by atoms with E-state index < -0.39 is 10.0 Å². The van der Waals surface area contributed by atoms with Crippen molar-refractivity contribution < 1.29 is 13.2 Å². The third-order valence-corrected chi connectivity index (χ3v) is 7.16. The first kappa shape index (κ1) is 25.1. The van der Waals surface area contributed by atoms with E-state index in [1.54, 1.807) is 18.3 Å². The Balaban J connectivity index is 1.67. The number of pyridine rings is 1. The number of thiocarbonyl (C=S) groups is 1. The fourth-order valence-electron chi connectivity index (χ4n) is 4.55. The van der Waals surface area contributed by atoms with Gasteiger partial charge in [-0.15, -0.1) is 0 Å². The molecular formula is C26H24ClN5O3S2. The van der Waals surface area contributed by atoms with E-state index in [-0.39, 0.29) is 12.1 Å². The van der Waals surface area contributed by atoms with Crippen LogP contribution in [-0.4, -0.2) is 36.4 Å². The Morgan fingerprint density at radius 3 is 2.59 bits per heavy atom. The minimum absolute atomic E-state index is 0.282. The van der Waals surface area contributed by atoms with Crippen LogP contribution in [0.1, 0.15) is 23.5 Å². The molecule has 2 N–H and O–H groups in total. The van der Waals surface area contributed by atoms with Crippen molar-refractivity contribution in [2.45, 2.75) is 12.1 Å². The highest BCUT2D eigenvalue weighted by atomic mass is 35.5. The number of nitrogens with one attached hydrogen (secondary N) is 2. The molecule has 2 aromatic carbocycles. The first-order chi connectivity index (χ1) is 17.7. The lowest BCUT2D eigenvalue weighted by Crippen LogP contribution is -2.30. The van der Waals surface area contributed by atoms with E-state index in [4.69, 9.17) is 28.6 Å². The van der Waals surface area contributed by atoms with Crippen LogP contribution in [0.5, 0.6) is 5.75 Å². The van der Waals surface area contributed by atoms with E-state index in [1.807, 2.05) is 71.8 Å². The van der Waals surface area contributed by atoms with Crippen LogP contribution in [0.25, 0.3) is 5.69 Å². The molecule has 0 aliphatic carbocycles. The van der Waals surface area contributed by atoms with Crippen LogP contribution < -0.4 is 19.7 Å². The number of nitrogens with zero attached hydrogens (tertiary/aromatic N) is 3. The molecule has 0 spiro atoms. The second-order valence-corrected chi connectivity index (χ2v) is 11.1. The van der Waals surface area contributed by atoms with E-state index in [0.29, 0.717) is 27.3 Å². The molecule has 2 atom stereocenters. The van der Waals surface area contributed by atoms with Crippen LogP contribution >= 0.6 is 23.8 Å². The van der Waals surface area contributed by atoms with Crippen molar-refractivity contribution in [3.63, 3.8) is 0 Å². The number of ether oxygens (including phenoxy) is 1. The average molecular weight is 554 g/mol. The summed E-state index contributed by atoms with van der Waals surface area (Å²) >= 11 is 12.1. The highest BCUT2D eigenvalue weighted by molar-refractivity contribution is 7.92. The molecule has 1 aliphatic rings. The minimum Gasteiger partial charge on any atom is -0.495 e. The third-order valence-electron chi connectivity index (χ3n) is 6.02. The maximum atomic E-state index is 12.0. The Kier molecular flexibility index (Phi) is 6.80. The Hall–Kier alpha value is -3.60. The molecule has 0 bridgehead atoms. The molecular weight excluding hydrogens is 530 g/mol. The summed E-state index contributed by atoms with van der Waals surface area (Å²) in [4.78, 5) is 6.57. The predicted octanol–water partition coefficient (Wildman–Crippen LogP) is 5.08. The van der Waals surface area contributed by atoms with E-state index in [0.717, 1.165) is 23.3 Å². The second kappa shape index (κ2) is 10.0. The maximum absolute atomic E-state index is 12.0. The van der Waals surface area contributed by atoms with Gasteiger partial charge in [-0.1, -0.05) is 23.7 Å². The number of sulfonamides is 1. The summed E-state index contributed by atoms with van der Waals surface area (Å²) in [5.74, 6) is 0.396. The lowest BCUT2D eigenvalue weighted by Gasteiger charge is -2.29. The molecule has 11 heteroatoms. The summed E-state index contributed by atoms with van der Waals surface area (Å²) in [7, 11) is -2.06. The van der Waals surface area contributed by atoms with Crippen LogP contribution in [0.3, 0.4) is 0 Å². The number of methoxy groups -OCH3 is 1. The first-order valence-corrected chi connectivity index (χ1v) is 14.0. The topological polar surface area (TPSA) is 88.5 Å². The number of aromatic nitrogens is 2. The quantitative estimate of drug-likeness (QED) is 0.308. The molecule has 0 saturated carbocycles. The van der Waals surface area contributed by atoms with Crippen LogP contribution in [0.4, 0.5) is 11.4 Å². The van der Waals surface area contributed by atoms with Crippen molar-refractivity contribution in [3.8, 4) is 11.4 Å². The fourth-order valence-corrected chi connectivity index (χ4v) is 5.64. The van der Waals surface area contributed by atoms with Gasteiger partial charge in [-0.05, 0) is 72.9 Å². The molecule has 0 radical (unpaired) electrons. The van der Waals surface area contributed by atoms with Crippen LogP contribution in [0, 0.1) is 0 Å². The zero-order chi connectivity index (χ0) is 26.2. The standard InChI is InChI=1S/C26H24ClN5O3S2/c1-35-23-12-11-19(16-21(23)30-37(2,33)34)32-25(24(29-26(32)36)20-9-3-4-13-28-20)22-10-6-14-31(22)18-8-5-7-17(27)15-18/h3-16,24-25,30H,1-2H3,(H,29,36)/t24-,25-/m0/s1. The maximum Gasteiger partial charge on any atom is 0.229 e. The highest BCUT2D eigenvalue weighted by Crippen LogP contribution is 2.44. The molecule has 4 aromatic rings. The molecule has 190 valence electrons. The van der Waals surface area contributed by atoms with Crippen LogP contribution in [0.2, 0.25) is 5.02 Å². The van der Waals surface area contributed by atoms with Crippen molar-refractivity contribution in [1.29, 1.82) is 0 Å². The molecule has 5 rings (SSSR count). The van der Waals surface area contributed by atoms with Gasteiger partial charge in [0.25, 0.3) is 0 Å². The summed E-state index contributed by atoms with van der Waals surface area (Å²) < 4.78 is 34.1. The van der Waals surface area contributed by atoms with E-state index in [2.05, 4.69) is 19.6 Å². The molecule has 0 unspecified atom stereocenters. The molecule has 1 fully saturated rings. The zero-order valence-corrected chi connectivity index (χ0v) is 22.4. The molecule has 0 amide bonds. The summed E-state index contributed by atoms with van der Waals surface area (Å²) in [5.41, 5.74) is 3.67. The van der Waals surface area contributed by atoms with Gasteiger partial charge < -0.3 is 19.5 Å².